The van der Waals surface area contributed by atoms with E-state index in [9.17, 15) is 4.79 Å². The van der Waals surface area contributed by atoms with Crippen LogP contribution in [0.2, 0.25) is 0 Å². The minimum atomic E-state index is -0.518. The van der Waals surface area contributed by atoms with E-state index >= 15 is 4.39 Å². The van der Waals surface area contributed by atoms with Crippen LogP contribution in [0.1, 0.15) is 40.9 Å². The Morgan fingerprint density at radius 1 is 0.764 bits per heavy atom. The predicted molar refractivity (Wildman–Crippen MR) is 282 cm³/mol. The van der Waals surface area contributed by atoms with Crippen LogP contribution in [0.3, 0.4) is 0 Å². The van der Waals surface area contributed by atoms with Gasteiger partial charge < -0.3 is 48.0 Å². The van der Waals surface area contributed by atoms with E-state index in [0.29, 0.717) is 59.0 Å². The Kier molecular flexibility index (Phi) is 17.4. The molecule has 1 aliphatic rings. The third-order valence-electron chi connectivity index (χ3n) is 13.2. The summed E-state index contributed by atoms with van der Waals surface area (Å²) in [5, 5.41) is 15.2. The van der Waals surface area contributed by atoms with Gasteiger partial charge in [0.1, 0.15) is 11.6 Å². The monoisotopic (exact) mass is 999 g/mol. The Morgan fingerprint density at radius 2 is 1.53 bits per heavy atom. The molecule has 4 aromatic carbocycles. The number of benzene rings is 4. The summed E-state index contributed by atoms with van der Waals surface area (Å²) < 4.78 is 53.5. The van der Waals surface area contributed by atoms with Crippen molar-refractivity contribution in [2.24, 2.45) is 0 Å². The highest BCUT2D eigenvalue weighted by Gasteiger charge is 2.19. The molecule has 72 heavy (non-hydrogen) atoms. The van der Waals surface area contributed by atoms with E-state index < -0.39 is 5.82 Å². The molecule has 1 saturated heterocycles. The summed E-state index contributed by atoms with van der Waals surface area (Å²) in [6, 6.07) is 27.1. The molecule has 14 nitrogen and oxygen atoms in total. The highest BCUT2D eigenvalue weighted by molar-refractivity contribution is 7.13. The summed E-state index contributed by atoms with van der Waals surface area (Å²) in [7, 11) is 0. The minimum Gasteiger partial charge on any atom is -0.481 e. The molecule has 380 valence electrons. The molecule has 9 rings (SSSR count). The van der Waals surface area contributed by atoms with Crippen LogP contribution in [-0.4, -0.2) is 122 Å². The second-order valence-corrected chi connectivity index (χ2v) is 19.2. The van der Waals surface area contributed by atoms with E-state index in [0.717, 1.165) is 104 Å². The fourth-order valence-corrected chi connectivity index (χ4v) is 10.4. The number of ether oxygens (including phenoxy) is 5. The topological polar surface area (TPSA) is 139 Å². The van der Waals surface area contributed by atoms with Gasteiger partial charge in [-0.1, -0.05) is 35.5 Å². The Bertz CT molecular complexity index is 3060. The lowest BCUT2D eigenvalue weighted by Crippen LogP contribution is -2.38. The first-order valence-electron chi connectivity index (χ1n) is 25.2. The lowest BCUT2D eigenvalue weighted by molar-refractivity contribution is -0.123. The van der Waals surface area contributed by atoms with Crippen molar-refractivity contribution in [2.45, 2.75) is 60.2 Å². The maximum Gasteiger partial charge on any atom is 0.258 e. The summed E-state index contributed by atoms with van der Waals surface area (Å²) in [6.45, 7) is 18.2. The van der Waals surface area contributed by atoms with E-state index in [4.69, 9.17) is 33.2 Å². The second-order valence-electron chi connectivity index (χ2n) is 18.3. The Labute approximate surface area is 424 Å². The van der Waals surface area contributed by atoms with Crippen LogP contribution in [0.5, 0.6) is 5.75 Å². The number of morpholine rings is 1. The van der Waals surface area contributed by atoms with Crippen LogP contribution in [0.15, 0.2) is 88.8 Å². The molecule has 0 spiro atoms. The van der Waals surface area contributed by atoms with Crippen molar-refractivity contribution in [3.8, 4) is 27.3 Å². The molecule has 0 radical (unpaired) electrons. The highest BCUT2D eigenvalue weighted by atomic mass is 32.1. The zero-order chi connectivity index (χ0) is 49.8. The van der Waals surface area contributed by atoms with Gasteiger partial charge in [0.15, 0.2) is 18.2 Å². The van der Waals surface area contributed by atoms with Crippen LogP contribution in [0.25, 0.3) is 54.4 Å². The molecule has 1 aliphatic heterocycles. The maximum atomic E-state index is 15.3. The molecule has 16 heteroatoms. The molecule has 1 amide bonds. The van der Waals surface area contributed by atoms with Gasteiger partial charge in [-0.3, -0.25) is 9.69 Å². The van der Waals surface area contributed by atoms with Crippen LogP contribution in [0, 0.1) is 26.6 Å². The number of imidazole rings is 1. The predicted octanol–water partition coefficient (Wildman–Crippen LogP) is 9.06. The first-order valence-corrected chi connectivity index (χ1v) is 26.0. The number of fused-ring (bicyclic) bond motifs is 4. The normalized spacial score (nSPS) is 13.3. The minimum absolute atomic E-state index is 0.0244. The number of halogens is 1. The fourth-order valence-electron chi connectivity index (χ4n) is 9.52. The number of carbonyl (C=O) groups excluding carboxylic acids is 1. The molecule has 0 unspecified atom stereocenters. The molecular weight excluding hydrogens is 934 g/mol. The molecular formula is C56H66FN7O7S. The van der Waals surface area contributed by atoms with Crippen molar-refractivity contribution >= 4 is 50.1 Å². The SMILES string of the molecule is CCn1c2ccc(CNCCOCCOCCOCCNC(=O)COc3ccc(CCc4nc5cc(-c6c(C)noc6C)ccc5n4CCN4CCOCC4)cc3F)cc2c2ccc(-c3cc(C)cs3)cc21. The number of carbonyl (C=O) groups is 1. The Hall–Kier alpha value is -5.98. The van der Waals surface area contributed by atoms with Crippen LogP contribution < -0.4 is 15.4 Å². The zero-order valence-electron chi connectivity index (χ0n) is 41.9. The Balaban J connectivity index is 0.630. The van der Waals surface area contributed by atoms with Gasteiger partial charge in [-0.15, -0.1) is 11.3 Å². The van der Waals surface area contributed by atoms with Crippen molar-refractivity contribution in [1.29, 1.82) is 0 Å². The number of aromatic nitrogens is 4. The van der Waals surface area contributed by atoms with Crippen molar-refractivity contribution in [1.82, 2.24) is 34.8 Å². The average Bonchev–Trinajstić information content (AvgIpc) is 4.16. The van der Waals surface area contributed by atoms with E-state index in [2.05, 4.69) is 110 Å². The number of amides is 1. The third-order valence-corrected chi connectivity index (χ3v) is 14.3. The van der Waals surface area contributed by atoms with Crippen LogP contribution >= 0.6 is 11.3 Å². The largest absolute Gasteiger partial charge is 0.481 e. The first-order chi connectivity index (χ1) is 35.2. The number of aryl methyl sites for hydroxylation is 6. The van der Waals surface area contributed by atoms with Crippen LogP contribution in [-0.2, 0) is 56.2 Å². The van der Waals surface area contributed by atoms with Crippen molar-refractivity contribution in [3.63, 3.8) is 0 Å². The number of nitrogens with zero attached hydrogens (tertiary/aromatic N) is 5. The third kappa shape index (κ3) is 12.6. The number of rotatable bonds is 26. The van der Waals surface area contributed by atoms with Crippen molar-refractivity contribution in [3.05, 3.63) is 124 Å². The molecule has 0 saturated carbocycles. The van der Waals surface area contributed by atoms with E-state index in [1.165, 1.54) is 49.4 Å². The number of thiophene rings is 1. The van der Waals surface area contributed by atoms with Gasteiger partial charge in [0.25, 0.3) is 5.91 Å². The number of nitrogens with one attached hydrogen (secondary N) is 2. The summed E-state index contributed by atoms with van der Waals surface area (Å²) >= 11 is 1.80. The van der Waals surface area contributed by atoms with Gasteiger partial charge in [0.2, 0.25) is 0 Å². The molecule has 4 aromatic heterocycles. The fraction of sp³-hybridized carbons (Fsp3) is 0.411. The van der Waals surface area contributed by atoms with Gasteiger partial charge in [-0.2, -0.15) is 0 Å². The van der Waals surface area contributed by atoms with Crippen molar-refractivity contribution in [2.75, 3.05) is 92.2 Å². The molecule has 1 fully saturated rings. The van der Waals surface area contributed by atoms with E-state index in [-0.39, 0.29) is 18.3 Å². The van der Waals surface area contributed by atoms with E-state index in [1.807, 2.05) is 19.9 Å². The summed E-state index contributed by atoms with van der Waals surface area (Å²) in [5.41, 5.74) is 11.9. The highest BCUT2D eigenvalue weighted by Crippen LogP contribution is 2.35. The molecule has 0 aliphatic carbocycles. The summed E-state index contributed by atoms with van der Waals surface area (Å²) in [6.07, 6.45) is 1.20. The van der Waals surface area contributed by atoms with Crippen molar-refractivity contribution < 1.29 is 37.4 Å². The van der Waals surface area contributed by atoms with Crippen LogP contribution in [0.4, 0.5) is 4.39 Å². The number of hydrogen-bond donors (Lipinski definition) is 2. The Morgan fingerprint density at radius 3 is 2.28 bits per heavy atom. The lowest BCUT2D eigenvalue weighted by atomic mass is 10.0. The molecule has 2 N–H and O–H groups in total. The quantitative estimate of drug-likeness (QED) is 0.0503. The maximum absolute atomic E-state index is 15.3. The molecule has 8 aromatic rings. The summed E-state index contributed by atoms with van der Waals surface area (Å²) in [5.74, 6) is 0.850. The number of hydrogen-bond acceptors (Lipinski definition) is 12. The lowest BCUT2D eigenvalue weighted by Gasteiger charge is -2.27. The van der Waals surface area contributed by atoms with Gasteiger partial charge >= 0.3 is 0 Å². The standard InChI is InChI=1S/C56H66FN7O7S/c1-5-63-49-12-6-42(31-46(49)45-11-9-43(34-51(45)63)53-30-38(2)37-72-53)35-58-16-22-66-26-28-69-29-27-67-23-17-59-55(65)36-70-52-14-7-41(32-47(52)57)8-15-54-60-48-33-44(56-39(3)61-71-40(56)4)10-13-50(48)64(54)19-18-62-20-24-68-25-21-62/h6-7,9-14,30-34,37,58H,5,8,15-29,35-36H2,1-4H3,(H,59,65). The average molecular weight is 1000 g/mol. The van der Waals surface area contributed by atoms with Gasteiger partial charge in [0.05, 0.1) is 69.6 Å². The molecule has 5 heterocycles. The molecule has 0 atom stereocenters. The van der Waals surface area contributed by atoms with Gasteiger partial charge in [-0.05, 0) is 116 Å². The molecule has 0 bridgehead atoms. The second kappa shape index (κ2) is 24.6. The smallest absolute Gasteiger partial charge is 0.258 e. The summed E-state index contributed by atoms with van der Waals surface area (Å²) in [4.78, 5) is 21.3. The van der Waals surface area contributed by atoms with Gasteiger partial charge in [-0.25, -0.2) is 9.37 Å². The van der Waals surface area contributed by atoms with Gasteiger partial charge in [0, 0.05) is 91.0 Å². The zero-order valence-corrected chi connectivity index (χ0v) is 42.7. The first kappa shape index (κ1) is 50.9. The van der Waals surface area contributed by atoms with E-state index in [1.54, 1.807) is 17.4 Å².